The molecule has 68 valence electrons. The second kappa shape index (κ2) is 5.10. The van der Waals surface area contributed by atoms with Crippen LogP contribution in [0.5, 0.6) is 0 Å². The maximum atomic E-state index is 11.0. The first kappa shape index (κ1) is 11.4. The van der Waals surface area contributed by atoms with Crippen molar-refractivity contribution >= 4 is 7.60 Å². The molecule has 0 spiro atoms. The van der Waals surface area contributed by atoms with Crippen molar-refractivity contribution in [2.45, 2.75) is 26.4 Å². The van der Waals surface area contributed by atoms with Gasteiger partial charge in [0.1, 0.15) is 0 Å². The summed E-state index contributed by atoms with van der Waals surface area (Å²) in [6.07, 6.45) is 1.33. The predicted octanol–water partition coefficient (Wildman–Crippen LogP) is 2.02. The van der Waals surface area contributed by atoms with Crippen LogP contribution in [0.15, 0.2) is 11.9 Å². The van der Waals surface area contributed by atoms with Gasteiger partial charge in [0, 0.05) is 11.9 Å². The van der Waals surface area contributed by atoms with E-state index in [2.05, 4.69) is 0 Å². The van der Waals surface area contributed by atoms with Gasteiger partial charge in [0.05, 0.1) is 12.2 Å². The van der Waals surface area contributed by atoms with Crippen molar-refractivity contribution in [3.63, 3.8) is 0 Å². The Morgan fingerprint density at radius 2 is 2.42 bits per heavy atom. The third-order valence-corrected chi connectivity index (χ3v) is 2.43. The molecule has 2 unspecified atom stereocenters. The van der Waals surface area contributed by atoms with Crippen molar-refractivity contribution in [1.82, 2.24) is 0 Å². The average molecular weight is 189 g/mol. The fourth-order valence-corrected chi connectivity index (χ4v) is 1.49. The number of nitrogens with zero attached hydrogens (tertiary/aromatic N) is 1. The zero-order valence-corrected chi connectivity index (χ0v) is 7.99. The molecule has 0 saturated carbocycles. The molecule has 5 heteroatoms. The van der Waals surface area contributed by atoms with Crippen molar-refractivity contribution in [3.05, 3.63) is 11.9 Å². The second-order valence-electron chi connectivity index (χ2n) is 2.33. The maximum Gasteiger partial charge on any atom is 0.352 e. The summed E-state index contributed by atoms with van der Waals surface area (Å²) in [7, 11) is -3.68. The van der Waals surface area contributed by atoms with E-state index in [9.17, 15) is 4.57 Å². The van der Waals surface area contributed by atoms with Crippen LogP contribution < -0.4 is 0 Å². The molecule has 0 amide bonds. The summed E-state index contributed by atoms with van der Waals surface area (Å²) in [6, 6.07) is 1.62. The second-order valence-corrected chi connectivity index (χ2v) is 3.97. The molecule has 0 aliphatic heterocycles. The smallest absolute Gasteiger partial charge is 0.321 e. The number of hydrogen-bond acceptors (Lipinski definition) is 3. The highest BCUT2D eigenvalue weighted by Crippen LogP contribution is 2.45. The highest BCUT2D eigenvalue weighted by Gasteiger charge is 2.17. The van der Waals surface area contributed by atoms with E-state index in [1.54, 1.807) is 13.0 Å². The van der Waals surface area contributed by atoms with Gasteiger partial charge >= 0.3 is 7.60 Å². The molecule has 2 atom stereocenters. The molecule has 0 heterocycles. The van der Waals surface area contributed by atoms with Crippen LogP contribution in [0, 0.1) is 11.3 Å². The van der Waals surface area contributed by atoms with Gasteiger partial charge in [-0.05, 0) is 13.3 Å². The van der Waals surface area contributed by atoms with Gasteiger partial charge in [0.2, 0.25) is 0 Å². The minimum absolute atomic E-state index is 0.274. The van der Waals surface area contributed by atoms with Gasteiger partial charge < -0.3 is 9.42 Å². The highest BCUT2D eigenvalue weighted by molar-refractivity contribution is 7.56. The van der Waals surface area contributed by atoms with Crippen LogP contribution >= 0.6 is 7.60 Å². The Hall–Kier alpha value is -0.620. The van der Waals surface area contributed by atoms with Crippen molar-refractivity contribution in [1.29, 1.82) is 5.26 Å². The summed E-state index contributed by atoms with van der Waals surface area (Å²) in [5.74, 6) is 0.888. The zero-order chi connectivity index (χ0) is 9.61. The third kappa shape index (κ3) is 5.09. The number of hydrogen-bond donors (Lipinski definition) is 1. The van der Waals surface area contributed by atoms with Gasteiger partial charge in [0.25, 0.3) is 0 Å². The lowest BCUT2D eigenvalue weighted by atomic mass is 10.3. The van der Waals surface area contributed by atoms with Crippen LogP contribution in [-0.2, 0) is 9.09 Å². The van der Waals surface area contributed by atoms with E-state index in [4.69, 9.17) is 14.7 Å². The van der Waals surface area contributed by atoms with E-state index in [0.717, 1.165) is 11.9 Å². The lowest BCUT2D eigenvalue weighted by molar-refractivity contribution is 0.191. The van der Waals surface area contributed by atoms with Crippen molar-refractivity contribution in [2.24, 2.45) is 0 Å². The lowest BCUT2D eigenvalue weighted by Gasteiger charge is -2.12. The summed E-state index contributed by atoms with van der Waals surface area (Å²) in [5.41, 5.74) is 0. The maximum absolute atomic E-state index is 11.0. The molecule has 0 radical (unpaired) electrons. The van der Waals surface area contributed by atoms with Crippen LogP contribution in [0.4, 0.5) is 0 Å². The first-order valence-corrected chi connectivity index (χ1v) is 5.24. The van der Waals surface area contributed by atoms with Gasteiger partial charge in [-0.1, -0.05) is 6.92 Å². The molecule has 1 N–H and O–H groups in total. The van der Waals surface area contributed by atoms with Crippen LogP contribution in [0.1, 0.15) is 20.3 Å². The fourth-order valence-electron chi connectivity index (χ4n) is 0.495. The summed E-state index contributed by atoms with van der Waals surface area (Å²) < 4.78 is 15.8. The van der Waals surface area contributed by atoms with Gasteiger partial charge in [0.15, 0.2) is 0 Å². The van der Waals surface area contributed by atoms with Crippen molar-refractivity contribution in [3.8, 4) is 6.07 Å². The molecule has 0 aliphatic carbocycles. The average Bonchev–Trinajstić information content (AvgIpc) is 2.00. The third-order valence-electron chi connectivity index (χ3n) is 1.24. The Morgan fingerprint density at radius 1 is 1.83 bits per heavy atom. The van der Waals surface area contributed by atoms with E-state index in [0.29, 0.717) is 6.42 Å². The zero-order valence-electron chi connectivity index (χ0n) is 7.10. The molecule has 0 aliphatic rings. The van der Waals surface area contributed by atoms with Gasteiger partial charge in [-0.3, -0.25) is 4.57 Å². The van der Waals surface area contributed by atoms with Gasteiger partial charge in [-0.25, -0.2) is 0 Å². The molecule has 4 nitrogen and oxygen atoms in total. The summed E-state index contributed by atoms with van der Waals surface area (Å²) in [6.45, 7) is 3.54. The Bertz CT molecular complexity index is 244. The molecule has 0 rings (SSSR count). The molecule has 0 aromatic heterocycles. The summed E-state index contributed by atoms with van der Waals surface area (Å²) in [4.78, 5) is 9.04. The largest absolute Gasteiger partial charge is 0.352 e. The van der Waals surface area contributed by atoms with Crippen molar-refractivity contribution < 1.29 is 14.0 Å². The molecular formula is C7H12NO3P. The Morgan fingerprint density at radius 3 is 2.83 bits per heavy atom. The molecule has 0 bridgehead atoms. The normalized spacial score (nSPS) is 18.5. The number of rotatable bonds is 4. The Labute approximate surface area is 72.0 Å². The van der Waals surface area contributed by atoms with Crippen LogP contribution in [0.2, 0.25) is 0 Å². The van der Waals surface area contributed by atoms with Gasteiger partial charge in [-0.15, -0.1) is 0 Å². The van der Waals surface area contributed by atoms with E-state index in [1.165, 1.54) is 0 Å². The van der Waals surface area contributed by atoms with E-state index < -0.39 is 7.60 Å². The standard InChI is InChI=1S/C7H12NO3P/c1-3-7(2)11-12(9,10)6-4-5-8/h4,6-7H,3H2,1-2H3,(H,9,10). The predicted molar refractivity (Wildman–Crippen MR) is 45.4 cm³/mol. The molecule has 0 aromatic carbocycles. The van der Waals surface area contributed by atoms with Crippen LogP contribution in [-0.4, -0.2) is 11.0 Å². The van der Waals surface area contributed by atoms with E-state index in [1.807, 2.05) is 6.92 Å². The summed E-state index contributed by atoms with van der Waals surface area (Å²) in [5, 5.41) is 8.10. The molecule has 0 fully saturated rings. The molecule has 0 aromatic rings. The van der Waals surface area contributed by atoms with E-state index >= 15 is 0 Å². The molecular weight excluding hydrogens is 177 g/mol. The minimum atomic E-state index is -3.68. The highest BCUT2D eigenvalue weighted by atomic mass is 31.2. The fraction of sp³-hybridized carbons (Fsp3) is 0.571. The topological polar surface area (TPSA) is 70.3 Å². The van der Waals surface area contributed by atoms with Crippen LogP contribution in [0.25, 0.3) is 0 Å². The molecule has 0 saturated heterocycles. The first-order chi connectivity index (χ1) is 5.52. The van der Waals surface area contributed by atoms with E-state index in [-0.39, 0.29) is 6.10 Å². The number of allylic oxidation sites excluding steroid dienone is 1. The Balaban J connectivity index is 4.15. The van der Waals surface area contributed by atoms with Gasteiger partial charge in [-0.2, -0.15) is 5.26 Å². The monoisotopic (exact) mass is 189 g/mol. The quantitative estimate of drug-likeness (QED) is 0.542. The first-order valence-electron chi connectivity index (χ1n) is 3.60. The van der Waals surface area contributed by atoms with Crippen LogP contribution in [0.3, 0.4) is 0 Å². The number of nitriles is 1. The SMILES string of the molecule is CCC(C)OP(=O)(O)C=CC#N. The minimum Gasteiger partial charge on any atom is -0.321 e. The van der Waals surface area contributed by atoms with Crippen molar-refractivity contribution in [2.75, 3.05) is 0 Å². The molecule has 12 heavy (non-hydrogen) atoms. The Kier molecular flexibility index (Phi) is 4.84. The summed E-state index contributed by atoms with van der Waals surface area (Å²) >= 11 is 0. The lowest BCUT2D eigenvalue weighted by Crippen LogP contribution is -2.02.